The lowest BCUT2D eigenvalue weighted by Gasteiger charge is -2.26. The third-order valence-electron chi connectivity index (χ3n) is 4.69. The van der Waals surface area contributed by atoms with Crippen molar-refractivity contribution in [3.05, 3.63) is 0 Å². The lowest BCUT2D eigenvalue weighted by atomic mass is 10.1. The molecule has 0 aliphatic heterocycles. The molecule has 0 aromatic heterocycles. The van der Waals surface area contributed by atoms with Gasteiger partial charge in [0.2, 0.25) is 17.7 Å². The van der Waals surface area contributed by atoms with Gasteiger partial charge >= 0.3 is 5.97 Å². The number of hydrogen-bond donors (Lipinski definition) is 8. The zero-order chi connectivity index (χ0) is 24.8. The Morgan fingerprint density at radius 1 is 0.875 bits per heavy atom. The molecule has 10 N–H and O–H groups in total. The first kappa shape index (κ1) is 30.1. The third kappa shape index (κ3) is 11.1. The summed E-state index contributed by atoms with van der Waals surface area (Å²) in [6, 6.07) is -4.90. The Kier molecular flexibility index (Phi) is 14.9. The van der Waals surface area contributed by atoms with Crippen LogP contribution in [0.25, 0.3) is 0 Å². The van der Waals surface area contributed by atoms with Crippen LogP contribution in [0.2, 0.25) is 0 Å². The molecule has 0 saturated heterocycles. The third-order valence-corrected chi connectivity index (χ3v) is 5.34. The standard InChI is InChI=1S/C19H37N5O7S/c1-10(25)14(21)18(29)23-13(7-9-32-3)16(27)22-12(6-4-5-8-20)17(28)24-15(11(2)26)19(30)31/h10-15,25-26H,4-9,20-21H2,1-3H3,(H,22,27)(H,23,29)(H,24,28)(H,30,31). The van der Waals surface area contributed by atoms with Gasteiger partial charge in [-0.15, -0.1) is 0 Å². The van der Waals surface area contributed by atoms with Gasteiger partial charge in [-0.2, -0.15) is 11.8 Å². The number of thioether (sulfide) groups is 1. The first-order valence-corrected chi connectivity index (χ1v) is 11.8. The quantitative estimate of drug-likeness (QED) is 0.109. The van der Waals surface area contributed by atoms with Gasteiger partial charge in [0.25, 0.3) is 0 Å². The minimum Gasteiger partial charge on any atom is -0.480 e. The highest BCUT2D eigenvalue weighted by Gasteiger charge is 2.32. The number of carboxylic acids is 1. The average molecular weight is 480 g/mol. The Balaban J connectivity index is 5.46. The molecule has 0 saturated carbocycles. The zero-order valence-corrected chi connectivity index (χ0v) is 19.6. The summed E-state index contributed by atoms with van der Waals surface area (Å²) >= 11 is 1.45. The first-order chi connectivity index (χ1) is 15.0. The number of rotatable bonds is 16. The fraction of sp³-hybridized carbons (Fsp3) is 0.789. The predicted molar refractivity (Wildman–Crippen MR) is 121 cm³/mol. The van der Waals surface area contributed by atoms with E-state index in [1.54, 1.807) is 0 Å². The number of carboxylic acid groups (broad SMARTS) is 1. The maximum atomic E-state index is 12.9. The van der Waals surface area contributed by atoms with Crippen LogP contribution >= 0.6 is 11.8 Å². The molecule has 32 heavy (non-hydrogen) atoms. The van der Waals surface area contributed by atoms with Crippen LogP contribution in [0, 0.1) is 0 Å². The number of nitrogens with two attached hydrogens (primary N) is 2. The number of aliphatic hydroxyl groups is 2. The lowest BCUT2D eigenvalue weighted by molar-refractivity contribution is -0.145. The number of carbonyl (C=O) groups is 4. The highest BCUT2D eigenvalue weighted by molar-refractivity contribution is 7.98. The minimum absolute atomic E-state index is 0.178. The van der Waals surface area contributed by atoms with Crippen molar-refractivity contribution in [3.63, 3.8) is 0 Å². The Hall–Kier alpha value is -1.93. The maximum Gasteiger partial charge on any atom is 0.328 e. The van der Waals surface area contributed by atoms with Crippen LogP contribution in [-0.4, -0.2) is 93.9 Å². The Labute approximate surface area is 192 Å². The Morgan fingerprint density at radius 3 is 1.88 bits per heavy atom. The fourth-order valence-corrected chi connectivity index (χ4v) is 3.14. The number of aliphatic carboxylic acids is 1. The van der Waals surface area contributed by atoms with Crippen molar-refractivity contribution in [1.29, 1.82) is 0 Å². The molecule has 0 radical (unpaired) electrons. The maximum absolute atomic E-state index is 12.9. The molecule has 186 valence electrons. The van der Waals surface area contributed by atoms with Gasteiger partial charge in [0.1, 0.15) is 18.1 Å². The highest BCUT2D eigenvalue weighted by atomic mass is 32.2. The van der Waals surface area contributed by atoms with Crippen molar-refractivity contribution in [2.45, 2.75) is 75.9 Å². The largest absolute Gasteiger partial charge is 0.480 e. The van der Waals surface area contributed by atoms with E-state index in [1.165, 1.54) is 25.6 Å². The second-order valence-electron chi connectivity index (χ2n) is 7.52. The van der Waals surface area contributed by atoms with Crippen LogP contribution in [0.3, 0.4) is 0 Å². The van der Waals surface area contributed by atoms with Crippen LogP contribution in [-0.2, 0) is 19.2 Å². The summed E-state index contributed by atoms with van der Waals surface area (Å²) in [7, 11) is 0. The summed E-state index contributed by atoms with van der Waals surface area (Å²) in [5.74, 6) is -3.04. The van der Waals surface area contributed by atoms with E-state index >= 15 is 0 Å². The van der Waals surface area contributed by atoms with E-state index in [4.69, 9.17) is 11.5 Å². The van der Waals surface area contributed by atoms with Gasteiger partial charge in [0.15, 0.2) is 6.04 Å². The molecule has 12 nitrogen and oxygen atoms in total. The van der Waals surface area contributed by atoms with Crippen molar-refractivity contribution in [2.75, 3.05) is 18.6 Å². The normalized spacial score (nSPS) is 16.7. The second kappa shape index (κ2) is 15.8. The molecule has 0 bridgehead atoms. The summed E-state index contributed by atoms with van der Waals surface area (Å²) in [6.07, 6.45) is 0.828. The van der Waals surface area contributed by atoms with Crippen LogP contribution in [0.4, 0.5) is 0 Å². The van der Waals surface area contributed by atoms with Gasteiger partial charge in [0, 0.05) is 0 Å². The molecule has 6 unspecified atom stereocenters. The van der Waals surface area contributed by atoms with Crippen LogP contribution < -0.4 is 27.4 Å². The van der Waals surface area contributed by atoms with Gasteiger partial charge in [-0.1, -0.05) is 0 Å². The number of unbranched alkanes of at least 4 members (excludes halogenated alkanes) is 1. The van der Waals surface area contributed by atoms with E-state index in [2.05, 4.69) is 16.0 Å². The van der Waals surface area contributed by atoms with Gasteiger partial charge in [-0.25, -0.2) is 4.79 Å². The molecule has 0 heterocycles. The summed E-state index contributed by atoms with van der Waals surface area (Å²) in [6.45, 7) is 2.94. The van der Waals surface area contributed by atoms with Crippen LogP contribution in [0.5, 0.6) is 0 Å². The monoisotopic (exact) mass is 479 g/mol. The van der Waals surface area contributed by atoms with Crippen LogP contribution in [0.15, 0.2) is 0 Å². The van der Waals surface area contributed by atoms with E-state index in [-0.39, 0.29) is 12.8 Å². The first-order valence-electron chi connectivity index (χ1n) is 10.4. The summed E-state index contributed by atoms with van der Waals surface area (Å²) in [4.78, 5) is 49.0. The zero-order valence-electron chi connectivity index (χ0n) is 18.7. The topological polar surface area (TPSA) is 217 Å². The van der Waals surface area contributed by atoms with Gasteiger partial charge in [-0.05, 0) is 58.1 Å². The van der Waals surface area contributed by atoms with Crippen molar-refractivity contribution < 1.29 is 34.5 Å². The van der Waals surface area contributed by atoms with Crippen molar-refractivity contribution in [1.82, 2.24) is 16.0 Å². The number of nitrogens with one attached hydrogen (secondary N) is 3. The molecule has 0 rings (SSSR count). The van der Waals surface area contributed by atoms with Crippen molar-refractivity contribution in [3.8, 4) is 0 Å². The molecule has 0 aliphatic carbocycles. The number of carbonyl (C=O) groups excluding carboxylic acids is 3. The number of hydrogen-bond acceptors (Lipinski definition) is 9. The van der Waals surface area contributed by atoms with E-state index < -0.39 is 60.1 Å². The van der Waals surface area contributed by atoms with E-state index in [9.17, 15) is 34.5 Å². The minimum atomic E-state index is -1.55. The molecule has 13 heteroatoms. The predicted octanol–water partition coefficient (Wildman–Crippen LogP) is -2.50. The number of amides is 3. The molecule has 3 amide bonds. The molecule has 0 aromatic rings. The average Bonchev–Trinajstić information content (AvgIpc) is 2.72. The van der Waals surface area contributed by atoms with Gasteiger partial charge < -0.3 is 42.7 Å². The second-order valence-corrected chi connectivity index (χ2v) is 8.51. The molecular weight excluding hydrogens is 442 g/mol. The molecule has 0 aromatic carbocycles. The van der Waals surface area contributed by atoms with Crippen molar-refractivity contribution in [2.24, 2.45) is 11.5 Å². The van der Waals surface area contributed by atoms with E-state index in [0.717, 1.165) is 0 Å². The Bertz CT molecular complexity index is 621. The summed E-state index contributed by atoms with van der Waals surface area (Å²) < 4.78 is 0. The summed E-state index contributed by atoms with van der Waals surface area (Å²) in [5.41, 5.74) is 11.1. The fourth-order valence-electron chi connectivity index (χ4n) is 2.67. The van der Waals surface area contributed by atoms with E-state index in [1.807, 2.05) is 6.26 Å². The van der Waals surface area contributed by atoms with Gasteiger partial charge in [0.05, 0.1) is 12.2 Å². The molecule has 6 atom stereocenters. The summed E-state index contributed by atoms with van der Waals surface area (Å²) in [5, 5.41) is 35.6. The SMILES string of the molecule is CSCCC(NC(=O)C(N)C(C)O)C(=O)NC(CCCCN)C(=O)NC(C(=O)O)C(C)O. The van der Waals surface area contributed by atoms with Gasteiger partial charge in [-0.3, -0.25) is 14.4 Å². The highest BCUT2D eigenvalue weighted by Crippen LogP contribution is 2.07. The van der Waals surface area contributed by atoms with Crippen LogP contribution in [0.1, 0.15) is 39.5 Å². The Morgan fingerprint density at radius 2 is 1.41 bits per heavy atom. The van der Waals surface area contributed by atoms with E-state index in [0.29, 0.717) is 25.1 Å². The number of aliphatic hydroxyl groups excluding tert-OH is 2. The van der Waals surface area contributed by atoms with Crippen molar-refractivity contribution >= 4 is 35.5 Å². The molecule has 0 aliphatic rings. The molecule has 0 fully saturated rings. The molecule has 0 spiro atoms. The molecular formula is C19H37N5O7S. The lowest BCUT2D eigenvalue weighted by Crippen LogP contribution is -2.59. The smallest absolute Gasteiger partial charge is 0.328 e.